The Bertz CT molecular complexity index is 1270. The van der Waals surface area contributed by atoms with Crippen molar-refractivity contribution in [2.45, 2.75) is 24.1 Å². The van der Waals surface area contributed by atoms with E-state index in [4.69, 9.17) is 4.74 Å². The van der Waals surface area contributed by atoms with Crippen molar-refractivity contribution in [3.63, 3.8) is 0 Å². The third-order valence-corrected chi connectivity index (χ3v) is 6.94. The average Bonchev–Trinajstić information content (AvgIpc) is 3.24. The summed E-state index contributed by atoms with van der Waals surface area (Å²) in [6.07, 6.45) is 1.53. The summed E-state index contributed by atoms with van der Waals surface area (Å²) in [4.78, 5) is 34.0. The lowest BCUT2D eigenvalue weighted by atomic mass is 10.1. The number of fused-ring (bicyclic) bond motifs is 1. The third kappa shape index (κ3) is 4.66. The first kappa shape index (κ1) is 22.0. The van der Waals surface area contributed by atoms with E-state index in [0.717, 1.165) is 32.1 Å². The van der Waals surface area contributed by atoms with E-state index in [1.54, 1.807) is 42.7 Å². The molecule has 1 unspecified atom stereocenters. The Balaban J connectivity index is 1.56. The van der Waals surface area contributed by atoms with Crippen molar-refractivity contribution in [1.29, 1.82) is 0 Å². The van der Waals surface area contributed by atoms with Crippen molar-refractivity contribution in [2.24, 2.45) is 0 Å². The number of benzene rings is 2. The van der Waals surface area contributed by atoms with Crippen LogP contribution in [0.2, 0.25) is 0 Å². The smallest absolute Gasteiger partial charge is 0.237 e. The number of anilines is 1. The average molecular weight is 464 g/mol. The van der Waals surface area contributed by atoms with Crippen LogP contribution < -0.4 is 10.1 Å². The lowest BCUT2D eigenvalue weighted by Crippen LogP contribution is -2.22. The molecule has 0 saturated heterocycles. The zero-order valence-corrected chi connectivity index (χ0v) is 19.4. The molecule has 0 aliphatic rings. The summed E-state index contributed by atoms with van der Waals surface area (Å²) in [6, 6.07) is 14.7. The van der Waals surface area contributed by atoms with Crippen molar-refractivity contribution >= 4 is 50.7 Å². The molecule has 0 spiro atoms. The van der Waals surface area contributed by atoms with E-state index in [1.807, 2.05) is 31.2 Å². The van der Waals surface area contributed by atoms with E-state index >= 15 is 0 Å². The van der Waals surface area contributed by atoms with Crippen LogP contribution in [0.15, 0.2) is 65.3 Å². The first-order valence-corrected chi connectivity index (χ1v) is 11.7. The molecule has 0 aliphatic carbocycles. The van der Waals surface area contributed by atoms with Gasteiger partial charge >= 0.3 is 0 Å². The van der Waals surface area contributed by atoms with Crippen LogP contribution in [0.3, 0.4) is 0 Å². The second-order valence-electron chi connectivity index (χ2n) is 7.12. The molecule has 0 bridgehead atoms. The van der Waals surface area contributed by atoms with E-state index < -0.39 is 0 Å². The summed E-state index contributed by atoms with van der Waals surface area (Å²) in [6.45, 7) is 3.36. The Morgan fingerprint density at radius 3 is 2.44 bits per heavy atom. The number of aromatic nitrogens is 2. The number of hydrogen-bond acceptors (Lipinski definition) is 7. The first-order valence-electron chi connectivity index (χ1n) is 9.91. The molecule has 8 heteroatoms. The number of amides is 1. The topological polar surface area (TPSA) is 81.2 Å². The predicted octanol–water partition coefficient (Wildman–Crippen LogP) is 5.69. The number of hydrogen-bond donors (Lipinski definition) is 1. The molecule has 0 aliphatic heterocycles. The van der Waals surface area contributed by atoms with Crippen LogP contribution in [-0.2, 0) is 4.79 Å². The Morgan fingerprint density at radius 2 is 1.78 bits per heavy atom. The molecule has 2 heterocycles. The van der Waals surface area contributed by atoms with Crippen molar-refractivity contribution in [3.8, 4) is 16.9 Å². The van der Waals surface area contributed by atoms with E-state index in [9.17, 15) is 9.59 Å². The number of methoxy groups -OCH3 is 1. The molecule has 0 saturated carbocycles. The summed E-state index contributed by atoms with van der Waals surface area (Å²) in [7, 11) is 1.64. The summed E-state index contributed by atoms with van der Waals surface area (Å²) in [5.41, 5.74) is 3.33. The number of thioether (sulfide) groups is 1. The summed E-state index contributed by atoms with van der Waals surface area (Å²) in [5.74, 6) is 0.641. The van der Waals surface area contributed by atoms with Crippen LogP contribution in [0.1, 0.15) is 24.2 Å². The molecular formula is C24H21N3O3S2. The predicted molar refractivity (Wildman–Crippen MR) is 130 cm³/mol. The number of carbonyl (C=O) groups is 2. The number of carbonyl (C=O) groups excluding carboxylic acids is 2. The van der Waals surface area contributed by atoms with E-state index in [2.05, 4.69) is 20.7 Å². The van der Waals surface area contributed by atoms with Crippen LogP contribution >= 0.6 is 23.1 Å². The van der Waals surface area contributed by atoms with E-state index in [-0.39, 0.29) is 16.9 Å². The van der Waals surface area contributed by atoms with Gasteiger partial charge < -0.3 is 10.1 Å². The molecule has 2 aromatic heterocycles. The number of nitrogens with one attached hydrogen (secondary N) is 1. The zero-order valence-electron chi connectivity index (χ0n) is 17.8. The largest absolute Gasteiger partial charge is 0.497 e. The Morgan fingerprint density at radius 1 is 1.06 bits per heavy atom. The van der Waals surface area contributed by atoms with Crippen molar-refractivity contribution in [2.75, 3.05) is 12.4 Å². The number of Topliss-reactive ketones (excluding diaryl/α,β-unsaturated/α-hetero) is 1. The summed E-state index contributed by atoms with van der Waals surface area (Å²) >= 11 is 2.95. The standard InChI is InChI=1S/C24H21N3O3S2/c1-14(28)16-4-8-18(9-5-16)27-22(29)15(2)32-24-21-20(12-31-23(21)25-13-26-24)17-6-10-19(30-3)11-7-17/h4-13,15H,1-3H3,(H,27,29). The van der Waals surface area contributed by atoms with Crippen LogP contribution in [0, 0.1) is 0 Å². The molecule has 1 N–H and O–H groups in total. The van der Waals surface area contributed by atoms with Crippen molar-refractivity contribution < 1.29 is 14.3 Å². The fraction of sp³-hybridized carbons (Fsp3) is 0.167. The van der Waals surface area contributed by atoms with Gasteiger partial charge in [0.2, 0.25) is 5.91 Å². The highest BCUT2D eigenvalue weighted by Crippen LogP contribution is 2.39. The molecule has 0 radical (unpaired) electrons. The van der Waals surface area contributed by atoms with Crippen LogP contribution in [0.5, 0.6) is 5.75 Å². The molecule has 4 aromatic rings. The lowest BCUT2D eigenvalue weighted by Gasteiger charge is -2.13. The van der Waals surface area contributed by atoms with Gasteiger partial charge in [-0.2, -0.15) is 0 Å². The minimum atomic E-state index is -0.385. The van der Waals surface area contributed by atoms with Gasteiger partial charge in [-0.05, 0) is 55.8 Å². The molecule has 6 nitrogen and oxygen atoms in total. The fourth-order valence-electron chi connectivity index (χ4n) is 3.17. The highest BCUT2D eigenvalue weighted by molar-refractivity contribution is 8.00. The molecule has 32 heavy (non-hydrogen) atoms. The second kappa shape index (κ2) is 9.50. The minimum Gasteiger partial charge on any atom is -0.497 e. The summed E-state index contributed by atoms with van der Waals surface area (Å²) < 4.78 is 5.26. The van der Waals surface area contributed by atoms with Gasteiger partial charge in [0.1, 0.15) is 21.9 Å². The SMILES string of the molecule is COc1ccc(-c2csc3ncnc(SC(C)C(=O)Nc4ccc(C(C)=O)cc4)c23)cc1. The Kier molecular flexibility index (Phi) is 6.53. The highest BCUT2D eigenvalue weighted by Gasteiger charge is 2.20. The van der Waals surface area contributed by atoms with Gasteiger partial charge in [0.05, 0.1) is 17.7 Å². The molecule has 1 atom stereocenters. The van der Waals surface area contributed by atoms with Gasteiger partial charge in [-0.3, -0.25) is 9.59 Å². The molecular weight excluding hydrogens is 442 g/mol. The molecule has 1 amide bonds. The van der Waals surface area contributed by atoms with Gasteiger partial charge in [-0.1, -0.05) is 23.9 Å². The van der Waals surface area contributed by atoms with Gasteiger partial charge in [0.25, 0.3) is 0 Å². The third-order valence-electron chi connectivity index (χ3n) is 4.95. The Hall–Kier alpha value is -3.23. The molecule has 162 valence electrons. The van der Waals surface area contributed by atoms with E-state index in [0.29, 0.717) is 11.3 Å². The van der Waals surface area contributed by atoms with E-state index in [1.165, 1.54) is 25.0 Å². The monoisotopic (exact) mass is 463 g/mol. The summed E-state index contributed by atoms with van der Waals surface area (Å²) in [5, 5.41) is 6.28. The zero-order chi connectivity index (χ0) is 22.7. The van der Waals surface area contributed by atoms with Gasteiger partial charge in [-0.15, -0.1) is 11.3 Å². The molecule has 4 rings (SSSR count). The normalized spacial score (nSPS) is 11.8. The maximum atomic E-state index is 12.8. The number of ether oxygens (including phenoxy) is 1. The maximum Gasteiger partial charge on any atom is 0.237 e. The van der Waals surface area contributed by atoms with Crippen LogP contribution in [0.4, 0.5) is 5.69 Å². The molecule has 2 aromatic carbocycles. The molecule has 0 fully saturated rings. The Labute approximate surface area is 194 Å². The first-order chi connectivity index (χ1) is 15.5. The lowest BCUT2D eigenvalue weighted by molar-refractivity contribution is -0.115. The van der Waals surface area contributed by atoms with Crippen molar-refractivity contribution in [1.82, 2.24) is 9.97 Å². The van der Waals surface area contributed by atoms with Crippen LogP contribution in [0.25, 0.3) is 21.3 Å². The second-order valence-corrected chi connectivity index (χ2v) is 9.31. The number of nitrogens with zero attached hydrogens (tertiary/aromatic N) is 2. The maximum absolute atomic E-state index is 12.8. The highest BCUT2D eigenvalue weighted by atomic mass is 32.2. The van der Waals surface area contributed by atoms with Gasteiger partial charge in [-0.25, -0.2) is 9.97 Å². The van der Waals surface area contributed by atoms with Gasteiger partial charge in [0, 0.05) is 22.2 Å². The van der Waals surface area contributed by atoms with Gasteiger partial charge in [0.15, 0.2) is 5.78 Å². The quantitative estimate of drug-likeness (QED) is 0.215. The fourth-order valence-corrected chi connectivity index (χ4v) is 5.09. The minimum absolute atomic E-state index is 0.0111. The number of rotatable bonds is 7. The van der Waals surface area contributed by atoms with Crippen molar-refractivity contribution in [3.05, 3.63) is 65.8 Å². The van der Waals surface area contributed by atoms with Crippen LogP contribution in [-0.4, -0.2) is 34.0 Å². The number of ketones is 1. The number of thiophene rings is 1.